The third-order valence-electron chi connectivity index (χ3n) is 1.30. The van der Waals surface area contributed by atoms with E-state index in [-0.39, 0.29) is 11.3 Å². The van der Waals surface area contributed by atoms with Crippen molar-refractivity contribution in [3.63, 3.8) is 0 Å². The number of anilines is 1. The normalized spacial score (nSPS) is 9.80. The summed E-state index contributed by atoms with van der Waals surface area (Å²) in [5.74, 6) is 0.360. The zero-order valence-corrected chi connectivity index (χ0v) is 10.5. The SMILES string of the molecule is C=C(Br)CNc1nc(Cl)nc(OCC)n1. The maximum absolute atomic E-state index is 5.68. The molecule has 0 aromatic carbocycles. The van der Waals surface area contributed by atoms with Crippen molar-refractivity contribution in [1.82, 2.24) is 15.0 Å². The molecule has 82 valence electrons. The fourth-order valence-corrected chi connectivity index (χ4v) is 1.07. The van der Waals surface area contributed by atoms with Gasteiger partial charge in [-0.1, -0.05) is 22.5 Å². The molecule has 0 unspecified atom stereocenters. The largest absolute Gasteiger partial charge is 0.464 e. The lowest BCUT2D eigenvalue weighted by molar-refractivity contribution is 0.312. The van der Waals surface area contributed by atoms with E-state index in [1.54, 1.807) is 0 Å². The molecular formula is C8H10BrClN4O. The molecule has 0 bridgehead atoms. The highest BCUT2D eigenvalue weighted by Gasteiger charge is 2.04. The van der Waals surface area contributed by atoms with Crippen LogP contribution in [-0.4, -0.2) is 28.1 Å². The van der Waals surface area contributed by atoms with Gasteiger partial charge in [0.25, 0.3) is 0 Å². The Morgan fingerprint density at radius 1 is 1.53 bits per heavy atom. The van der Waals surface area contributed by atoms with Crippen LogP contribution >= 0.6 is 27.5 Å². The van der Waals surface area contributed by atoms with E-state index in [0.29, 0.717) is 19.1 Å². The Morgan fingerprint density at radius 3 is 2.87 bits per heavy atom. The van der Waals surface area contributed by atoms with Crippen molar-refractivity contribution in [3.8, 4) is 6.01 Å². The minimum atomic E-state index is 0.0936. The highest BCUT2D eigenvalue weighted by molar-refractivity contribution is 9.11. The van der Waals surface area contributed by atoms with Crippen LogP contribution in [0.15, 0.2) is 11.1 Å². The first-order valence-electron chi connectivity index (χ1n) is 4.23. The predicted molar refractivity (Wildman–Crippen MR) is 62.6 cm³/mol. The monoisotopic (exact) mass is 292 g/mol. The number of ether oxygens (including phenoxy) is 1. The van der Waals surface area contributed by atoms with Crippen LogP contribution in [0.2, 0.25) is 5.28 Å². The third kappa shape index (κ3) is 4.44. The van der Waals surface area contributed by atoms with E-state index in [1.807, 2.05) is 6.92 Å². The van der Waals surface area contributed by atoms with Gasteiger partial charge in [0, 0.05) is 11.0 Å². The molecule has 0 amide bonds. The average Bonchev–Trinajstić information content (AvgIpc) is 2.14. The third-order valence-corrected chi connectivity index (χ3v) is 1.75. The maximum atomic E-state index is 5.68. The van der Waals surface area contributed by atoms with Crippen LogP contribution in [0, 0.1) is 0 Å². The Labute approximate surface area is 101 Å². The van der Waals surface area contributed by atoms with Gasteiger partial charge in [0.2, 0.25) is 11.2 Å². The average molecular weight is 294 g/mol. The Balaban J connectivity index is 2.74. The van der Waals surface area contributed by atoms with Crippen LogP contribution in [0.3, 0.4) is 0 Å². The van der Waals surface area contributed by atoms with Crippen molar-refractivity contribution < 1.29 is 4.74 Å². The molecule has 0 aliphatic heterocycles. The van der Waals surface area contributed by atoms with Gasteiger partial charge in [0.15, 0.2) is 0 Å². The lowest BCUT2D eigenvalue weighted by Gasteiger charge is -2.05. The summed E-state index contributed by atoms with van der Waals surface area (Å²) in [6, 6.07) is 0.209. The molecule has 0 fully saturated rings. The van der Waals surface area contributed by atoms with Crippen LogP contribution in [0.1, 0.15) is 6.92 Å². The van der Waals surface area contributed by atoms with Gasteiger partial charge in [0.05, 0.1) is 6.61 Å². The Bertz CT molecular complexity index is 360. The van der Waals surface area contributed by atoms with Crippen LogP contribution in [0.25, 0.3) is 0 Å². The molecule has 0 aliphatic rings. The van der Waals surface area contributed by atoms with Crippen molar-refractivity contribution in [3.05, 3.63) is 16.3 Å². The van der Waals surface area contributed by atoms with Gasteiger partial charge in [-0.25, -0.2) is 0 Å². The standard InChI is InChI=1S/C8H10BrClN4O/c1-3-15-8-13-6(10)12-7(14-8)11-4-5(2)9/h2-4H2,1H3,(H,11,12,13,14). The molecule has 1 aromatic heterocycles. The van der Waals surface area contributed by atoms with Gasteiger partial charge < -0.3 is 10.1 Å². The molecule has 0 saturated carbocycles. The summed E-state index contributed by atoms with van der Waals surface area (Å²) >= 11 is 8.89. The highest BCUT2D eigenvalue weighted by Crippen LogP contribution is 2.12. The van der Waals surface area contributed by atoms with Gasteiger partial charge >= 0.3 is 6.01 Å². The van der Waals surface area contributed by atoms with Gasteiger partial charge in [-0.2, -0.15) is 15.0 Å². The fraction of sp³-hybridized carbons (Fsp3) is 0.375. The summed E-state index contributed by atoms with van der Waals surface area (Å²) in [6.45, 7) is 6.49. The molecule has 0 aliphatic carbocycles. The van der Waals surface area contributed by atoms with Crippen LogP contribution in [0.5, 0.6) is 6.01 Å². The van der Waals surface area contributed by atoms with Crippen molar-refractivity contribution in [2.45, 2.75) is 6.92 Å². The molecule has 5 nitrogen and oxygen atoms in total. The van der Waals surface area contributed by atoms with Gasteiger partial charge in [0.1, 0.15) is 0 Å². The van der Waals surface area contributed by atoms with Crippen LogP contribution in [-0.2, 0) is 0 Å². The summed E-state index contributed by atoms with van der Waals surface area (Å²) in [6.07, 6.45) is 0. The van der Waals surface area contributed by atoms with E-state index < -0.39 is 0 Å². The van der Waals surface area contributed by atoms with E-state index in [0.717, 1.165) is 4.48 Å². The second kappa shape index (κ2) is 5.87. The number of nitrogens with one attached hydrogen (secondary N) is 1. The molecular weight excluding hydrogens is 283 g/mol. The van der Waals surface area contributed by atoms with Gasteiger partial charge in [-0.05, 0) is 18.5 Å². The molecule has 1 N–H and O–H groups in total. The maximum Gasteiger partial charge on any atom is 0.322 e. The summed E-state index contributed by atoms with van der Waals surface area (Å²) in [5, 5.41) is 3.00. The molecule has 0 atom stereocenters. The summed E-state index contributed by atoms with van der Waals surface area (Å²) < 4.78 is 5.90. The lowest BCUT2D eigenvalue weighted by atomic mass is 10.6. The van der Waals surface area contributed by atoms with Gasteiger partial charge in [-0.3, -0.25) is 0 Å². The van der Waals surface area contributed by atoms with Crippen LogP contribution < -0.4 is 10.1 Å². The fourth-order valence-electron chi connectivity index (χ4n) is 0.780. The Kier molecular flexibility index (Phi) is 4.77. The molecule has 0 saturated heterocycles. The number of hydrogen-bond donors (Lipinski definition) is 1. The Morgan fingerprint density at radius 2 is 2.27 bits per heavy atom. The zero-order valence-electron chi connectivity index (χ0n) is 8.13. The molecule has 7 heteroatoms. The first-order chi connectivity index (χ1) is 7.11. The van der Waals surface area contributed by atoms with Crippen molar-refractivity contribution in [2.75, 3.05) is 18.5 Å². The smallest absolute Gasteiger partial charge is 0.322 e. The molecule has 1 aromatic rings. The number of rotatable bonds is 5. The predicted octanol–water partition coefficient (Wildman–Crippen LogP) is 2.24. The minimum Gasteiger partial charge on any atom is -0.464 e. The summed E-state index contributed by atoms with van der Waals surface area (Å²) in [4.78, 5) is 11.7. The van der Waals surface area contributed by atoms with E-state index >= 15 is 0 Å². The molecule has 15 heavy (non-hydrogen) atoms. The second-order valence-electron chi connectivity index (χ2n) is 2.51. The topological polar surface area (TPSA) is 59.9 Å². The minimum absolute atomic E-state index is 0.0936. The number of halogens is 2. The highest BCUT2D eigenvalue weighted by atomic mass is 79.9. The molecule has 1 rings (SSSR count). The van der Waals surface area contributed by atoms with Crippen molar-refractivity contribution in [1.29, 1.82) is 0 Å². The zero-order chi connectivity index (χ0) is 11.3. The lowest BCUT2D eigenvalue weighted by Crippen LogP contribution is -2.08. The van der Waals surface area contributed by atoms with E-state index in [1.165, 1.54) is 0 Å². The number of nitrogens with zero attached hydrogens (tertiary/aromatic N) is 3. The van der Waals surface area contributed by atoms with E-state index in [9.17, 15) is 0 Å². The second-order valence-corrected chi connectivity index (χ2v) is 3.97. The first kappa shape index (κ1) is 12.2. The van der Waals surface area contributed by atoms with Crippen LogP contribution in [0.4, 0.5) is 5.95 Å². The number of aromatic nitrogens is 3. The molecule has 0 radical (unpaired) electrons. The van der Waals surface area contributed by atoms with Crippen molar-refractivity contribution >= 4 is 33.5 Å². The number of hydrogen-bond acceptors (Lipinski definition) is 5. The van der Waals surface area contributed by atoms with E-state index in [2.05, 4.69) is 42.8 Å². The Hall–Kier alpha value is -0.880. The van der Waals surface area contributed by atoms with Crippen molar-refractivity contribution in [2.24, 2.45) is 0 Å². The summed E-state index contributed by atoms with van der Waals surface area (Å²) in [5.41, 5.74) is 0. The van der Waals surface area contributed by atoms with Gasteiger partial charge in [-0.15, -0.1) is 0 Å². The molecule has 1 heterocycles. The van der Waals surface area contributed by atoms with E-state index in [4.69, 9.17) is 16.3 Å². The quantitative estimate of drug-likeness (QED) is 0.902. The first-order valence-corrected chi connectivity index (χ1v) is 5.40. The summed E-state index contributed by atoms with van der Waals surface area (Å²) in [7, 11) is 0. The molecule has 0 spiro atoms.